The Morgan fingerprint density at radius 3 is 2.92 bits per heavy atom. The minimum absolute atomic E-state index is 0.232. The summed E-state index contributed by atoms with van der Waals surface area (Å²) in [6.45, 7) is 3.93. The molecule has 1 aliphatic rings. The van der Waals surface area contributed by atoms with E-state index in [2.05, 4.69) is 58.6 Å². The van der Waals surface area contributed by atoms with Gasteiger partial charge in [0.05, 0.1) is 11.4 Å². The van der Waals surface area contributed by atoms with Gasteiger partial charge in [0.1, 0.15) is 17.0 Å². The Bertz CT molecular complexity index is 827. The Hall–Kier alpha value is -1.98. The van der Waals surface area contributed by atoms with Gasteiger partial charge in [-0.1, -0.05) is 37.3 Å². The van der Waals surface area contributed by atoms with Gasteiger partial charge in [-0.2, -0.15) is 0 Å². The van der Waals surface area contributed by atoms with Gasteiger partial charge in [0.25, 0.3) is 0 Å². The highest BCUT2D eigenvalue weighted by molar-refractivity contribution is 7.18. The second kappa shape index (κ2) is 7.50. The van der Waals surface area contributed by atoms with Crippen LogP contribution in [0.4, 0.5) is 5.82 Å². The molecule has 25 heavy (non-hydrogen) atoms. The number of anilines is 1. The van der Waals surface area contributed by atoms with E-state index in [9.17, 15) is 0 Å². The monoisotopic (exact) mass is 353 g/mol. The molecule has 1 fully saturated rings. The SMILES string of the molecule is CCc1cc2c(NC(CC3CCOC3)c3ccccc3)ncnc2s1. The molecule has 0 radical (unpaired) electrons. The Morgan fingerprint density at radius 1 is 1.28 bits per heavy atom. The van der Waals surface area contributed by atoms with E-state index in [4.69, 9.17) is 4.74 Å². The lowest BCUT2D eigenvalue weighted by Gasteiger charge is -2.22. The average molecular weight is 353 g/mol. The number of aryl methyl sites for hydroxylation is 1. The van der Waals surface area contributed by atoms with Gasteiger partial charge < -0.3 is 10.1 Å². The van der Waals surface area contributed by atoms with E-state index >= 15 is 0 Å². The van der Waals surface area contributed by atoms with Crippen LogP contribution in [-0.2, 0) is 11.2 Å². The number of aromatic nitrogens is 2. The highest BCUT2D eigenvalue weighted by Crippen LogP contribution is 2.33. The smallest absolute Gasteiger partial charge is 0.138 e. The van der Waals surface area contributed by atoms with Crippen LogP contribution in [0.2, 0.25) is 0 Å². The van der Waals surface area contributed by atoms with Crippen molar-refractivity contribution in [3.05, 3.63) is 53.2 Å². The average Bonchev–Trinajstić information content (AvgIpc) is 3.31. The van der Waals surface area contributed by atoms with Gasteiger partial charge in [-0.15, -0.1) is 11.3 Å². The summed E-state index contributed by atoms with van der Waals surface area (Å²) in [4.78, 5) is 11.4. The topological polar surface area (TPSA) is 47.0 Å². The fourth-order valence-electron chi connectivity index (χ4n) is 3.43. The summed E-state index contributed by atoms with van der Waals surface area (Å²) >= 11 is 1.76. The first kappa shape index (κ1) is 16.5. The first-order chi connectivity index (χ1) is 12.3. The maximum absolute atomic E-state index is 5.58. The lowest BCUT2D eigenvalue weighted by atomic mass is 9.94. The lowest BCUT2D eigenvalue weighted by molar-refractivity contribution is 0.183. The van der Waals surface area contributed by atoms with Crippen LogP contribution in [0.15, 0.2) is 42.7 Å². The van der Waals surface area contributed by atoms with Crippen LogP contribution in [0.25, 0.3) is 10.2 Å². The summed E-state index contributed by atoms with van der Waals surface area (Å²) in [6, 6.07) is 13.1. The normalized spacial score (nSPS) is 18.5. The van der Waals surface area contributed by atoms with Gasteiger partial charge in [0, 0.05) is 18.1 Å². The van der Waals surface area contributed by atoms with E-state index in [0.717, 1.165) is 48.5 Å². The molecule has 0 spiro atoms. The number of nitrogens with one attached hydrogen (secondary N) is 1. The van der Waals surface area contributed by atoms with Gasteiger partial charge in [-0.05, 0) is 36.8 Å². The first-order valence-corrected chi connectivity index (χ1v) is 9.77. The molecule has 130 valence electrons. The number of rotatable bonds is 6. The van der Waals surface area contributed by atoms with Gasteiger partial charge >= 0.3 is 0 Å². The van der Waals surface area contributed by atoms with Crippen molar-refractivity contribution in [1.82, 2.24) is 9.97 Å². The Balaban J connectivity index is 1.64. The summed E-state index contributed by atoms with van der Waals surface area (Å²) in [5.41, 5.74) is 1.30. The predicted octanol–water partition coefficient (Wildman–Crippen LogP) is 4.83. The summed E-state index contributed by atoms with van der Waals surface area (Å²) in [5, 5.41) is 4.83. The molecule has 1 saturated heterocycles. The van der Waals surface area contributed by atoms with Gasteiger partial charge in [-0.25, -0.2) is 9.97 Å². The van der Waals surface area contributed by atoms with Crippen molar-refractivity contribution < 1.29 is 4.74 Å². The molecule has 0 bridgehead atoms. The number of hydrogen-bond donors (Lipinski definition) is 1. The van der Waals surface area contributed by atoms with Gasteiger partial charge in [0.2, 0.25) is 0 Å². The second-order valence-electron chi connectivity index (χ2n) is 6.58. The van der Waals surface area contributed by atoms with Crippen LogP contribution in [0.5, 0.6) is 0 Å². The van der Waals surface area contributed by atoms with E-state index in [1.165, 1.54) is 10.4 Å². The molecule has 0 aliphatic carbocycles. The minimum atomic E-state index is 0.232. The third-order valence-corrected chi connectivity index (χ3v) is 6.02. The molecule has 3 heterocycles. The van der Waals surface area contributed by atoms with Crippen molar-refractivity contribution in [3.8, 4) is 0 Å². The van der Waals surface area contributed by atoms with E-state index in [1.807, 2.05) is 0 Å². The van der Waals surface area contributed by atoms with Crippen LogP contribution >= 0.6 is 11.3 Å². The molecule has 5 heteroatoms. The number of thiophene rings is 1. The number of fused-ring (bicyclic) bond motifs is 1. The number of hydrogen-bond acceptors (Lipinski definition) is 5. The highest BCUT2D eigenvalue weighted by Gasteiger charge is 2.23. The van der Waals surface area contributed by atoms with E-state index < -0.39 is 0 Å². The van der Waals surface area contributed by atoms with Crippen molar-refractivity contribution in [2.24, 2.45) is 5.92 Å². The quantitative estimate of drug-likeness (QED) is 0.689. The van der Waals surface area contributed by atoms with Crippen molar-refractivity contribution in [3.63, 3.8) is 0 Å². The highest BCUT2D eigenvalue weighted by atomic mass is 32.1. The lowest BCUT2D eigenvalue weighted by Crippen LogP contribution is -2.16. The van der Waals surface area contributed by atoms with Crippen molar-refractivity contribution in [1.29, 1.82) is 0 Å². The van der Waals surface area contributed by atoms with Crippen molar-refractivity contribution in [2.75, 3.05) is 18.5 Å². The fourth-order valence-corrected chi connectivity index (χ4v) is 4.36. The molecule has 3 aromatic rings. The predicted molar refractivity (Wildman–Crippen MR) is 103 cm³/mol. The molecule has 4 rings (SSSR count). The van der Waals surface area contributed by atoms with E-state index in [0.29, 0.717) is 5.92 Å². The number of nitrogens with zero attached hydrogens (tertiary/aromatic N) is 2. The maximum Gasteiger partial charge on any atom is 0.138 e. The summed E-state index contributed by atoms with van der Waals surface area (Å²) in [5.74, 6) is 1.54. The third-order valence-electron chi connectivity index (χ3n) is 4.83. The summed E-state index contributed by atoms with van der Waals surface area (Å²) < 4.78 is 5.58. The first-order valence-electron chi connectivity index (χ1n) is 8.96. The molecule has 2 atom stereocenters. The molecule has 1 aliphatic heterocycles. The van der Waals surface area contributed by atoms with Crippen LogP contribution in [0.3, 0.4) is 0 Å². The fraction of sp³-hybridized carbons (Fsp3) is 0.400. The maximum atomic E-state index is 5.58. The van der Waals surface area contributed by atoms with Crippen LogP contribution < -0.4 is 5.32 Å². The molecule has 2 unspecified atom stereocenters. The van der Waals surface area contributed by atoms with E-state index in [1.54, 1.807) is 17.7 Å². The zero-order valence-electron chi connectivity index (χ0n) is 14.4. The molecule has 2 aromatic heterocycles. The summed E-state index contributed by atoms with van der Waals surface area (Å²) in [7, 11) is 0. The largest absolute Gasteiger partial charge is 0.381 e. The van der Waals surface area contributed by atoms with Gasteiger partial charge in [0.15, 0.2) is 0 Å². The Labute approximate surface area is 152 Å². The zero-order chi connectivity index (χ0) is 17.1. The third kappa shape index (κ3) is 3.67. The molecule has 4 nitrogen and oxygen atoms in total. The van der Waals surface area contributed by atoms with Gasteiger partial charge in [-0.3, -0.25) is 0 Å². The number of benzene rings is 1. The summed E-state index contributed by atoms with van der Waals surface area (Å²) in [6.07, 6.45) is 4.90. The molecule has 1 N–H and O–H groups in total. The van der Waals surface area contributed by atoms with Crippen LogP contribution in [-0.4, -0.2) is 23.2 Å². The van der Waals surface area contributed by atoms with Crippen molar-refractivity contribution in [2.45, 2.75) is 32.2 Å². The minimum Gasteiger partial charge on any atom is -0.381 e. The molecule has 1 aromatic carbocycles. The molecule has 0 amide bonds. The Kier molecular flexibility index (Phi) is 4.95. The molecular weight excluding hydrogens is 330 g/mol. The Morgan fingerprint density at radius 2 is 2.16 bits per heavy atom. The molecular formula is C20H23N3OS. The molecule has 0 saturated carbocycles. The van der Waals surface area contributed by atoms with Crippen molar-refractivity contribution >= 4 is 27.4 Å². The zero-order valence-corrected chi connectivity index (χ0v) is 15.3. The standard InChI is InChI=1S/C20H23N3OS/c1-2-16-11-17-19(21-13-22-20(17)25-16)23-18(10-14-8-9-24-12-14)15-6-4-3-5-7-15/h3-7,11,13-14,18H,2,8-10,12H2,1H3,(H,21,22,23). The van der Waals surface area contributed by atoms with E-state index in [-0.39, 0.29) is 6.04 Å². The number of ether oxygens (including phenoxy) is 1. The second-order valence-corrected chi connectivity index (χ2v) is 7.70. The van der Waals surface area contributed by atoms with Crippen LogP contribution in [0, 0.1) is 5.92 Å². The van der Waals surface area contributed by atoms with Crippen LogP contribution in [0.1, 0.15) is 36.2 Å².